The van der Waals surface area contributed by atoms with Crippen LogP contribution >= 0.6 is 11.8 Å². The predicted molar refractivity (Wildman–Crippen MR) is 75.6 cm³/mol. The van der Waals surface area contributed by atoms with Gasteiger partial charge in [0, 0.05) is 17.5 Å². The van der Waals surface area contributed by atoms with Crippen molar-refractivity contribution in [2.45, 2.75) is 37.0 Å². The van der Waals surface area contributed by atoms with E-state index in [1.165, 1.54) is 18.7 Å². The van der Waals surface area contributed by atoms with Gasteiger partial charge in [-0.05, 0) is 25.2 Å². The number of carbonyl (C=O) groups is 1. The predicted octanol–water partition coefficient (Wildman–Crippen LogP) is 2.21. The number of halogens is 1. The molecule has 19 heavy (non-hydrogen) atoms. The van der Waals surface area contributed by atoms with Crippen LogP contribution in [0.2, 0.25) is 0 Å². The van der Waals surface area contributed by atoms with Gasteiger partial charge < -0.3 is 11.1 Å². The zero-order valence-corrected chi connectivity index (χ0v) is 11.7. The average Bonchev–Trinajstić information content (AvgIpc) is 2.42. The van der Waals surface area contributed by atoms with Crippen LogP contribution in [0.5, 0.6) is 0 Å². The molecule has 2 atom stereocenters. The van der Waals surface area contributed by atoms with Crippen LogP contribution in [-0.2, 0) is 0 Å². The molecule has 1 heterocycles. The summed E-state index contributed by atoms with van der Waals surface area (Å²) in [6, 6.07) is 1.46. The number of anilines is 1. The van der Waals surface area contributed by atoms with Crippen LogP contribution in [0.4, 0.5) is 10.2 Å². The number of thioether (sulfide) groups is 1. The summed E-state index contributed by atoms with van der Waals surface area (Å²) in [4.78, 5) is 15.7. The Hall–Kier alpha value is -1.30. The third kappa shape index (κ3) is 3.18. The standard InChI is InChI=1S/C13H18FN3OS/c1-19-10-5-3-2-4-9(10)17-13(18)8-6-7-16-12(15)11(8)14/h6-7,9-10H,2-5H2,1H3,(H2,15,16)(H,17,18). The van der Waals surface area contributed by atoms with Gasteiger partial charge in [0.25, 0.3) is 5.91 Å². The molecule has 6 heteroatoms. The third-order valence-electron chi connectivity index (χ3n) is 3.48. The molecule has 104 valence electrons. The number of hydrogen-bond acceptors (Lipinski definition) is 4. The highest BCUT2D eigenvalue weighted by molar-refractivity contribution is 7.99. The van der Waals surface area contributed by atoms with Crippen molar-refractivity contribution in [1.82, 2.24) is 10.3 Å². The molecule has 2 rings (SSSR count). The number of pyridine rings is 1. The number of nitrogens with two attached hydrogens (primary N) is 1. The van der Waals surface area contributed by atoms with E-state index in [1.54, 1.807) is 11.8 Å². The molecule has 1 aliphatic rings. The summed E-state index contributed by atoms with van der Waals surface area (Å²) >= 11 is 1.75. The molecule has 1 aromatic heterocycles. The van der Waals surface area contributed by atoms with E-state index in [-0.39, 0.29) is 17.4 Å². The zero-order valence-electron chi connectivity index (χ0n) is 10.9. The summed E-state index contributed by atoms with van der Waals surface area (Å²) in [5.41, 5.74) is 5.35. The summed E-state index contributed by atoms with van der Waals surface area (Å²) < 4.78 is 13.7. The first-order chi connectivity index (χ1) is 9.13. The third-order valence-corrected chi connectivity index (χ3v) is 4.65. The minimum atomic E-state index is -0.739. The minimum Gasteiger partial charge on any atom is -0.381 e. The smallest absolute Gasteiger partial charge is 0.254 e. The van der Waals surface area contributed by atoms with Crippen LogP contribution in [0.15, 0.2) is 12.3 Å². The maximum absolute atomic E-state index is 13.7. The summed E-state index contributed by atoms with van der Waals surface area (Å²) in [6.45, 7) is 0. The van der Waals surface area contributed by atoms with Gasteiger partial charge in [0.1, 0.15) is 0 Å². The molecule has 4 nitrogen and oxygen atoms in total. The van der Waals surface area contributed by atoms with Gasteiger partial charge in [-0.3, -0.25) is 4.79 Å². The Balaban J connectivity index is 2.09. The monoisotopic (exact) mass is 283 g/mol. The first kappa shape index (κ1) is 14.1. The molecular weight excluding hydrogens is 265 g/mol. The molecule has 0 radical (unpaired) electrons. The van der Waals surface area contributed by atoms with E-state index in [0.29, 0.717) is 5.25 Å². The van der Waals surface area contributed by atoms with Crippen molar-refractivity contribution >= 4 is 23.5 Å². The molecule has 1 fully saturated rings. The van der Waals surface area contributed by atoms with Crippen molar-refractivity contribution in [3.05, 3.63) is 23.6 Å². The normalized spacial score (nSPS) is 23.1. The highest BCUT2D eigenvalue weighted by Crippen LogP contribution is 2.27. The molecule has 0 spiro atoms. The Morgan fingerprint density at radius 3 is 3.00 bits per heavy atom. The Kier molecular flexibility index (Phi) is 4.63. The second-order valence-corrected chi connectivity index (χ2v) is 5.77. The molecule has 1 aliphatic carbocycles. The fraction of sp³-hybridized carbons (Fsp3) is 0.538. The fourth-order valence-corrected chi connectivity index (χ4v) is 3.36. The number of rotatable bonds is 3. The summed E-state index contributed by atoms with van der Waals surface area (Å²) in [5.74, 6) is -1.38. The number of carbonyl (C=O) groups excluding carboxylic acids is 1. The summed E-state index contributed by atoms with van der Waals surface area (Å²) in [6.07, 6.45) is 7.71. The number of amides is 1. The molecule has 0 saturated heterocycles. The Labute approximate surface area is 116 Å². The van der Waals surface area contributed by atoms with Gasteiger partial charge in [0.2, 0.25) is 0 Å². The molecule has 0 bridgehead atoms. The van der Waals surface area contributed by atoms with Gasteiger partial charge >= 0.3 is 0 Å². The lowest BCUT2D eigenvalue weighted by Crippen LogP contribution is -2.44. The van der Waals surface area contributed by atoms with Crippen molar-refractivity contribution in [3.8, 4) is 0 Å². The van der Waals surface area contributed by atoms with E-state index in [2.05, 4.69) is 10.3 Å². The zero-order chi connectivity index (χ0) is 13.8. The maximum atomic E-state index is 13.7. The van der Waals surface area contributed by atoms with Crippen molar-refractivity contribution in [2.75, 3.05) is 12.0 Å². The molecule has 1 amide bonds. The van der Waals surface area contributed by atoms with E-state index >= 15 is 0 Å². The molecule has 0 aliphatic heterocycles. The van der Waals surface area contributed by atoms with E-state index in [4.69, 9.17) is 5.73 Å². The highest BCUT2D eigenvalue weighted by Gasteiger charge is 2.27. The molecule has 0 aromatic carbocycles. The average molecular weight is 283 g/mol. The van der Waals surface area contributed by atoms with Gasteiger partial charge in [-0.25, -0.2) is 9.37 Å². The second-order valence-electron chi connectivity index (χ2n) is 4.70. The van der Waals surface area contributed by atoms with Crippen molar-refractivity contribution in [1.29, 1.82) is 0 Å². The Morgan fingerprint density at radius 2 is 2.26 bits per heavy atom. The number of hydrogen-bond donors (Lipinski definition) is 2. The van der Waals surface area contributed by atoms with Gasteiger partial charge in [-0.15, -0.1) is 0 Å². The first-order valence-electron chi connectivity index (χ1n) is 6.37. The minimum absolute atomic E-state index is 0.0297. The van der Waals surface area contributed by atoms with Crippen LogP contribution < -0.4 is 11.1 Å². The first-order valence-corrected chi connectivity index (χ1v) is 7.66. The fourth-order valence-electron chi connectivity index (χ4n) is 2.43. The van der Waals surface area contributed by atoms with Gasteiger partial charge in [0.15, 0.2) is 11.6 Å². The Morgan fingerprint density at radius 1 is 1.53 bits per heavy atom. The van der Waals surface area contributed by atoms with Gasteiger partial charge in [-0.1, -0.05) is 12.8 Å². The molecule has 1 saturated carbocycles. The number of nitrogens with zero attached hydrogens (tertiary/aromatic N) is 1. The van der Waals surface area contributed by atoms with Crippen LogP contribution in [0.3, 0.4) is 0 Å². The SMILES string of the molecule is CSC1CCCCC1NC(=O)c1ccnc(N)c1F. The van der Waals surface area contributed by atoms with E-state index < -0.39 is 11.7 Å². The highest BCUT2D eigenvalue weighted by atomic mass is 32.2. The number of nitrogen functional groups attached to an aromatic ring is 1. The summed E-state index contributed by atoms with van der Waals surface area (Å²) in [5, 5.41) is 3.32. The second kappa shape index (κ2) is 6.23. The maximum Gasteiger partial charge on any atom is 0.254 e. The van der Waals surface area contributed by atoms with Crippen LogP contribution in [0.1, 0.15) is 36.0 Å². The van der Waals surface area contributed by atoms with Gasteiger partial charge in [0.05, 0.1) is 5.56 Å². The largest absolute Gasteiger partial charge is 0.381 e. The van der Waals surface area contributed by atoms with E-state index in [1.807, 2.05) is 6.26 Å². The lowest BCUT2D eigenvalue weighted by Gasteiger charge is -2.31. The van der Waals surface area contributed by atoms with E-state index in [0.717, 1.165) is 19.3 Å². The lowest BCUT2D eigenvalue weighted by molar-refractivity contribution is 0.0925. The number of nitrogens with one attached hydrogen (secondary N) is 1. The van der Waals surface area contributed by atoms with Crippen LogP contribution in [-0.4, -0.2) is 28.4 Å². The van der Waals surface area contributed by atoms with Crippen LogP contribution in [0, 0.1) is 5.82 Å². The van der Waals surface area contributed by atoms with Gasteiger partial charge in [-0.2, -0.15) is 11.8 Å². The number of aromatic nitrogens is 1. The van der Waals surface area contributed by atoms with Crippen LogP contribution in [0.25, 0.3) is 0 Å². The van der Waals surface area contributed by atoms with Crippen molar-refractivity contribution in [2.24, 2.45) is 0 Å². The van der Waals surface area contributed by atoms with Crippen molar-refractivity contribution < 1.29 is 9.18 Å². The lowest BCUT2D eigenvalue weighted by atomic mass is 9.94. The van der Waals surface area contributed by atoms with Crippen molar-refractivity contribution in [3.63, 3.8) is 0 Å². The summed E-state index contributed by atoms with van der Waals surface area (Å²) in [7, 11) is 0. The molecule has 3 N–H and O–H groups in total. The molecule has 2 unspecified atom stereocenters. The quantitative estimate of drug-likeness (QED) is 0.892. The molecule has 1 aromatic rings. The molecular formula is C13H18FN3OS. The van der Waals surface area contributed by atoms with E-state index in [9.17, 15) is 9.18 Å². The Bertz CT molecular complexity index is 469. The topological polar surface area (TPSA) is 68.0 Å².